The fourth-order valence-electron chi connectivity index (χ4n) is 5.66. The lowest BCUT2D eigenvalue weighted by Crippen LogP contribution is -2.12. The molecule has 0 saturated heterocycles. The molecule has 0 spiro atoms. The average molecular weight is 569 g/mol. The fourth-order valence-corrected chi connectivity index (χ4v) is 5.66. The number of rotatable bonds is 8. The zero-order chi connectivity index (χ0) is 29.7. The largest absolute Gasteiger partial charge is 0.311 e. The van der Waals surface area contributed by atoms with Gasteiger partial charge in [-0.1, -0.05) is 85.8 Å². The number of benzene rings is 6. The van der Waals surface area contributed by atoms with Crippen LogP contribution in [0.15, 0.2) is 164 Å². The molecular formula is C40H32N4. The predicted molar refractivity (Wildman–Crippen MR) is 184 cm³/mol. The zero-order valence-electron chi connectivity index (χ0n) is 24.6. The van der Waals surface area contributed by atoms with Crippen LogP contribution in [0.1, 0.15) is 12.6 Å². The van der Waals surface area contributed by atoms with Gasteiger partial charge in [0.05, 0.1) is 22.4 Å². The first-order chi connectivity index (χ1) is 21.8. The summed E-state index contributed by atoms with van der Waals surface area (Å²) in [5, 5.41) is 0. The number of aromatic nitrogens is 2. The second kappa shape index (κ2) is 12.2. The molecule has 0 amide bonds. The molecule has 0 N–H and O–H groups in total. The number of aryl methyl sites for hydroxylation is 1. The Balaban J connectivity index is 1.27. The van der Waals surface area contributed by atoms with Crippen molar-refractivity contribution in [1.82, 2.24) is 9.97 Å². The van der Waals surface area contributed by atoms with Gasteiger partial charge in [-0.15, -0.1) is 0 Å². The topological polar surface area (TPSA) is 32.3 Å². The molecule has 0 aliphatic carbocycles. The maximum absolute atomic E-state index is 5.00. The van der Waals surface area contributed by atoms with Crippen molar-refractivity contribution in [3.8, 4) is 11.3 Å². The van der Waals surface area contributed by atoms with Crippen LogP contribution in [0.4, 0.5) is 34.1 Å². The molecule has 1 heterocycles. The minimum absolute atomic E-state index is 0.820. The minimum atomic E-state index is 0.820. The van der Waals surface area contributed by atoms with Gasteiger partial charge in [-0.2, -0.15) is 0 Å². The number of anilines is 6. The van der Waals surface area contributed by atoms with Crippen LogP contribution in [0.5, 0.6) is 0 Å². The molecule has 7 aromatic rings. The first kappa shape index (κ1) is 27.1. The zero-order valence-corrected chi connectivity index (χ0v) is 24.6. The normalized spacial score (nSPS) is 10.9. The quantitative estimate of drug-likeness (QED) is 0.182. The number of hydrogen-bond acceptors (Lipinski definition) is 4. The van der Waals surface area contributed by atoms with Crippen molar-refractivity contribution in [1.29, 1.82) is 0 Å². The predicted octanol–water partition coefficient (Wildman–Crippen LogP) is 10.8. The van der Waals surface area contributed by atoms with Crippen LogP contribution in [0.25, 0.3) is 22.3 Å². The summed E-state index contributed by atoms with van der Waals surface area (Å²) in [5.41, 5.74) is 11.4. The van der Waals surface area contributed by atoms with E-state index in [-0.39, 0.29) is 0 Å². The second-order valence-corrected chi connectivity index (χ2v) is 10.6. The molecule has 0 aliphatic heterocycles. The summed E-state index contributed by atoms with van der Waals surface area (Å²) >= 11 is 0. The highest BCUT2D eigenvalue weighted by Crippen LogP contribution is 2.39. The van der Waals surface area contributed by atoms with Gasteiger partial charge in [0, 0.05) is 39.7 Å². The Kier molecular flexibility index (Phi) is 7.54. The molecule has 4 heteroatoms. The molecule has 212 valence electrons. The molecule has 7 rings (SSSR count). The number of nitrogens with zero attached hydrogens (tertiary/aromatic N) is 4. The smallest absolute Gasteiger partial charge is 0.0925 e. The Labute approximate surface area is 258 Å². The van der Waals surface area contributed by atoms with Gasteiger partial charge in [-0.3, -0.25) is 0 Å². The van der Waals surface area contributed by atoms with Crippen molar-refractivity contribution < 1.29 is 0 Å². The van der Waals surface area contributed by atoms with E-state index in [0.29, 0.717) is 0 Å². The third-order valence-electron chi connectivity index (χ3n) is 7.79. The lowest BCUT2D eigenvalue weighted by Gasteiger charge is -2.28. The molecule has 0 radical (unpaired) electrons. The molecule has 44 heavy (non-hydrogen) atoms. The molecule has 0 aliphatic rings. The standard InChI is InChI=1S/C40H32N4/c1-2-37-40(42-39-21-13-12-20-38(39)41-37)30-22-24-34(25-23-30)44(33-18-10-5-11-19-33)36-28-26-35(27-29-36)43(31-14-6-3-7-15-31)32-16-8-4-9-17-32/h3-29H,2H2,1H3. The first-order valence-electron chi connectivity index (χ1n) is 15.0. The summed E-state index contributed by atoms with van der Waals surface area (Å²) in [6, 6.07) is 57.0. The van der Waals surface area contributed by atoms with E-state index in [2.05, 4.69) is 156 Å². The van der Waals surface area contributed by atoms with Crippen molar-refractivity contribution in [2.75, 3.05) is 9.80 Å². The van der Waals surface area contributed by atoms with Gasteiger partial charge >= 0.3 is 0 Å². The Morgan fingerprint density at radius 1 is 0.386 bits per heavy atom. The third-order valence-corrected chi connectivity index (χ3v) is 7.79. The number of fused-ring (bicyclic) bond motifs is 1. The van der Waals surface area contributed by atoms with Crippen molar-refractivity contribution in [3.63, 3.8) is 0 Å². The molecule has 1 aromatic heterocycles. The number of para-hydroxylation sites is 5. The third kappa shape index (κ3) is 5.41. The summed E-state index contributed by atoms with van der Waals surface area (Å²) in [4.78, 5) is 14.5. The van der Waals surface area contributed by atoms with Crippen molar-refractivity contribution in [3.05, 3.63) is 169 Å². The second-order valence-electron chi connectivity index (χ2n) is 10.6. The van der Waals surface area contributed by atoms with Gasteiger partial charge in [-0.05, 0) is 91.3 Å². The van der Waals surface area contributed by atoms with Crippen molar-refractivity contribution >= 4 is 45.2 Å². The van der Waals surface area contributed by atoms with E-state index in [9.17, 15) is 0 Å². The molecule has 0 unspecified atom stereocenters. The number of hydrogen-bond donors (Lipinski definition) is 0. The Bertz CT molecular complexity index is 1930. The SMILES string of the molecule is CCc1nc2ccccc2nc1-c1ccc(N(c2ccccc2)c2ccc(N(c3ccccc3)c3ccccc3)cc2)cc1. The van der Waals surface area contributed by atoms with Crippen LogP contribution < -0.4 is 9.80 Å². The van der Waals surface area contributed by atoms with Crippen LogP contribution in [0.2, 0.25) is 0 Å². The van der Waals surface area contributed by atoms with Crippen LogP contribution in [-0.4, -0.2) is 9.97 Å². The summed E-state index contributed by atoms with van der Waals surface area (Å²) in [6.45, 7) is 2.13. The van der Waals surface area contributed by atoms with Gasteiger partial charge in [-0.25, -0.2) is 9.97 Å². The Morgan fingerprint density at radius 3 is 1.14 bits per heavy atom. The minimum Gasteiger partial charge on any atom is -0.311 e. The summed E-state index contributed by atoms with van der Waals surface area (Å²) in [7, 11) is 0. The van der Waals surface area contributed by atoms with Gasteiger partial charge in [0.15, 0.2) is 0 Å². The van der Waals surface area contributed by atoms with E-state index >= 15 is 0 Å². The van der Waals surface area contributed by atoms with Crippen molar-refractivity contribution in [2.45, 2.75) is 13.3 Å². The monoisotopic (exact) mass is 568 g/mol. The first-order valence-corrected chi connectivity index (χ1v) is 15.0. The van der Waals surface area contributed by atoms with Gasteiger partial charge < -0.3 is 9.80 Å². The van der Waals surface area contributed by atoms with E-state index in [1.807, 2.05) is 24.3 Å². The molecule has 0 fully saturated rings. The average Bonchev–Trinajstić information content (AvgIpc) is 3.10. The van der Waals surface area contributed by atoms with Crippen LogP contribution in [0, 0.1) is 0 Å². The Morgan fingerprint density at radius 2 is 0.727 bits per heavy atom. The van der Waals surface area contributed by atoms with E-state index in [1.165, 1.54) is 0 Å². The molecule has 4 nitrogen and oxygen atoms in total. The maximum Gasteiger partial charge on any atom is 0.0925 e. The molecule has 6 aromatic carbocycles. The highest BCUT2D eigenvalue weighted by molar-refractivity contribution is 5.83. The molecule has 0 bridgehead atoms. The summed E-state index contributed by atoms with van der Waals surface area (Å²) in [5.74, 6) is 0. The van der Waals surface area contributed by atoms with Crippen LogP contribution >= 0.6 is 0 Å². The van der Waals surface area contributed by atoms with Crippen LogP contribution in [-0.2, 0) is 6.42 Å². The van der Waals surface area contributed by atoms with Gasteiger partial charge in [0.1, 0.15) is 0 Å². The molecular weight excluding hydrogens is 536 g/mol. The van der Waals surface area contributed by atoms with Gasteiger partial charge in [0.2, 0.25) is 0 Å². The van der Waals surface area contributed by atoms with Crippen molar-refractivity contribution in [2.24, 2.45) is 0 Å². The maximum atomic E-state index is 5.00. The van der Waals surface area contributed by atoms with E-state index in [0.717, 1.165) is 68.5 Å². The van der Waals surface area contributed by atoms with E-state index in [4.69, 9.17) is 9.97 Å². The van der Waals surface area contributed by atoms with Gasteiger partial charge in [0.25, 0.3) is 0 Å². The molecule has 0 saturated carbocycles. The summed E-state index contributed by atoms with van der Waals surface area (Å²) in [6.07, 6.45) is 0.820. The van der Waals surface area contributed by atoms with Crippen LogP contribution in [0.3, 0.4) is 0 Å². The fraction of sp³-hybridized carbons (Fsp3) is 0.0500. The van der Waals surface area contributed by atoms with E-state index in [1.54, 1.807) is 0 Å². The highest BCUT2D eigenvalue weighted by atomic mass is 15.2. The highest BCUT2D eigenvalue weighted by Gasteiger charge is 2.17. The lowest BCUT2D eigenvalue weighted by atomic mass is 10.1. The lowest BCUT2D eigenvalue weighted by molar-refractivity contribution is 1.04. The Hall–Kier alpha value is -5.74. The molecule has 0 atom stereocenters. The van der Waals surface area contributed by atoms with E-state index < -0.39 is 0 Å². The summed E-state index contributed by atoms with van der Waals surface area (Å²) < 4.78 is 0.